The highest BCUT2D eigenvalue weighted by Gasteiger charge is 2.18. The van der Waals surface area contributed by atoms with Crippen LogP contribution in [0, 0.1) is 0 Å². The Hall–Kier alpha value is -0.100. The van der Waals surface area contributed by atoms with Gasteiger partial charge in [0.05, 0.1) is 7.11 Å². The summed E-state index contributed by atoms with van der Waals surface area (Å²) in [6.07, 6.45) is -1.31. The molecule has 0 unspecified atom stereocenters. The Labute approximate surface area is 89.0 Å². The predicted molar refractivity (Wildman–Crippen MR) is 53.1 cm³/mol. The molecule has 0 aliphatic rings. The normalized spacial score (nSPS) is 13.2. The third-order valence-electron chi connectivity index (χ3n) is 1.27. The summed E-state index contributed by atoms with van der Waals surface area (Å²) in [5.74, 6) is -0.610. The Balaban J connectivity index is -0.000000500. The van der Waals surface area contributed by atoms with E-state index in [1.807, 2.05) is 0 Å². The highest BCUT2D eigenvalue weighted by molar-refractivity contribution is 5.85. The van der Waals surface area contributed by atoms with Gasteiger partial charge in [0.15, 0.2) is 0 Å². The molecule has 0 heterocycles. The van der Waals surface area contributed by atoms with Gasteiger partial charge in [0.2, 0.25) is 0 Å². The molecule has 82 valence electrons. The van der Waals surface area contributed by atoms with Crippen LogP contribution < -0.4 is 11.5 Å². The van der Waals surface area contributed by atoms with Crippen LogP contribution in [0.25, 0.3) is 0 Å². The average molecular weight is 237 g/mol. The molecule has 7 heteroatoms. The van der Waals surface area contributed by atoms with Crippen LogP contribution in [0.4, 0.5) is 4.39 Å². The van der Waals surface area contributed by atoms with E-state index >= 15 is 0 Å². The van der Waals surface area contributed by atoms with Gasteiger partial charge in [-0.1, -0.05) is 0 Å². The molecule has 0 radical (unpaired) electrons. The van der Waals surface area contributed by atoms with Gasteiger partial charge in [-0.25, -0.2) is 4.39 Å². The van der Waals surface area contributed by atoms with Crippen LogP contribution in [0.3, 0.4) is 0 Å². The lowest BCUT2D eigenvalue weighted by molar-refractivity contribution is -0.142. The molecule has 0 aromatic carbocycles. The van der Waals surface area contributed by atoms with Gasteiger partial charge < -0.3 is 16.2 Å². The molecular formula is C6H15Cl2FN2O2. The van der Waals surface area contributed by atoms with Gasteiger partial charge in [-0.2, -0.15) is 0 Å². The average Bonchev–Trinajstić information content (AvgIpc) is 2.02. The molecule has 0 saturated carbocycles. The smallest absolute Gasteiger partial charge is 0.322 e. The number of ether oxygens (including phenoxy) is 1. The lowest BCUT2D eigenvalue weighted by Gasteiger charge is -2.10. The zero-order chi connectivity index (χ0) is 8.85. The first-order valence-electron chi connectivity index (χ1n) is 3.29. The highest BCUT2D eigenvalue weighted by Crippen LogP contribution is 2.00. The van der Waals surface area contributed by atoms with Crippen molar-refractivity contribution in [3.63, 3.8) is 0 Å². The summed E-state index contributed by atoms with van der Waals surface area (Å²) in [5, 5.41) is 0. The van der Waals surface area contributed by atoms with E-state index in [4.69, 9.17) is 11.5 Å². The first-order valence-corrected chi connectivity index (χ1v) is 3.29. The summed E-state index contributed by atoms with van der Waals surface area (Å²) >= 11 is 0. The molecular weight excluding hydrogens is 222 g/mol. The Kier molecular flexibility index (Phi) is 14.3. The minimum Gasteiger partial charge on any atom is -0.468 e. The van der Waals surface area contributed by atoms with E-state index in [0.717, 1.165) is 0 Å². The zero-order valence-electron chi connectivity index (χ0n) is 7.23. The number of halogens is 3. The van der Waals surface area contributed by atoms with Gasteiger partial charge in [-0.15, -0.1) is 24.8 Å². The largest absolute Gasteiger partial charge is 0.468 e. The monoisotopic (exact) mass is 236 g/mol. The molecule has 2 atom stereocenters. The fourth-order valence-electron chi connectivity index (χ4n) is 0.619. The molecule has 4 N–H and O–H groups in total. The molecule has 0 rings (SSSR count). The van der Waals surface area contributed by atoms with Crippen LogP contribution >= 0.6 is 24.8 Å². The van der Waals surface area contributed by atoms with Crippen LogP contribution in [0.2, 0.25) is 0 Å². The molecule has 0 spiro atoms. The third kappa shape index (κ3) is 8.24. The van der Waals surface area contributed by atoms with Crippen LogP contribution in [-0.2, 0) is 9.53 Å². The Bertz CT molecular complexity index is 140. The first-order chi connectivity index (χ1) is 5.11. The number of alkyl halides is 1. The van der Waals surface area contributed by atoms with E-state index in [9.17, 15) is 9.18 Å². The second-order valence-electron chi connectivity index (χ2n) is 2.20. The van der Waals surface area contributed by atoms with Crippen molar-refractivity contribution in [1.29, 1.82) is 0 Å². The van der Waals surface area contributed by atoms with Gasteiger partial charge >= 0.3 is 5.97 Å². The second kappa shape index (κ2) is 9.98. The van der Waals surface area contributed by atoms with Crippen molar-refractivity contribution in [2.45, 2.75) is 18.6 Å². The summed E-state index contributed by atoms with van der Waals surface area (Å²) in [7, 11) is 1.21. The molecule has 0 fully saturated rings. The van der Waals surface area contributed by atoms with Crippen LogP contribution in [0.15, 0.2) is 0 Å². The number of methoxy groups -OCH3 is 1. The summed E-state index contributed by atoms with van der Waals surface area (Å²) in [6, 6.07) is -0.904. The predicted octanol–water partition coefficient (Wildman–Crippen LogP) is 0.0172. The number of esters is 1. The van der Waals surface area contributed by atoms with Gasteiger partial charge in [0.1, 0.15) is 12.2 Å². The summed E-state index contributed by atoms with van der Waals surface area (Å²) in [6.45, 7) is -0.120. The molecule has 0 aliphatic carbocycles. The number of nitrogens with two attached hydrogens (primary N) is 2. The molecule has 0 bridgehead atoms. The Morgan fingerprint density at radius 1 is 1.54 bits per heavy atom. The fourth-order valence-corrected chi connectivity index (χ4v) is 0.619. The van der Waals surface area contributed by atoms with Crippen molar-refractivity contribution in [2.75, 3.05) is 13.7 Å². The maximum atomic E-state index is 12.5. The fraction of sp³-hybridized carbons (Fsp3) is 0.833. The Morgan fingerprint density at radius 3 is 2.31 bits per heavy atom. The van der Waals surface area contributed by atoms with E-state index in [1.54, 1.807) is 0 Å². The van der Waals surface area contributed by atoms with E-state index in [2.05, 4.69) is 4.74 Å². The standard InChI is InChI=1S/C6H13FN2O2.2ClH/c1-11-6(10)5(9)2-4(7)3-8;;/h4-5H,2-3,8-9H2,1H3;2*1H/t4-,5+;;/m1../s1. The minimum atomic E-state index is -1.23. The zero-order valence-corrected chi connectivity index (χ0v) is 8.87. The minimum absolute atomic E-state index is 0. The molecule has 0 aromatic heterocycles. The van der Waals surface area contributed by atoms with Crippen molar-refractivity contribution < 1.29 is 13.9 Å². The Morgan fingerprint density at radius 2 is 2.00 bits per heavy atom. The van der Waals surface area contributed by atoms with Gasteiger partial charge in [0, 0.05) is 13.0 Å². The topological polar surface area (TPSA) is 78.3 Å². The van der Waals surface area contributed by atoms with E-state index < -0.39 is 18.2 Å². The second-order valence-corrected chi connectivity index (χ2v) is 2.20. The molecule has 0 aliphatic heterocycles. The quantitative estimate of drug-likeness (QED) is 0.675. The lowest BCUT2D eigenvalue weighted by atomic mass is 10.1. The van der Waals surface area contributed by atoms with Gasteiger partial charge in [-0.05, 0) is 0 Å². The number of carbonyl (C=O) groups is 1. The van der Waals surface area contributed by atoms with Crippen LogP contribution in [0.5, 0.6) is 0 Å². The van der Waals surface area contributed by atoms with Crippen molar-refractivity contribution in [1.82, 2.24) is 0 Å². The van der Waals surface area contributed by atoms with E-state index in [1.165, 1.54) is 7.11 Å². The number of rotatable bonds is 4. The number of carbonyl (C=O) groups excluding carboxylic acids is 1. The van der Waals surface area contributed by atoms with E-state index in [0.29, 0.717) is 0 Å². The molecule has 0 amide bonds. The highest BCUT2D eigenvalue weighted by atomic mass is 35.5. The van der Waals surface area contributed by atoms with Crippen molar-refractivity contribution in [3.8, 4) is 0 Å². The number of hydrogen-bond donors (Lipinski definition) is 2. The third-order valence-corrected chi connectivity index (χ3v) is 1.27. The summed E-state index contributed by atoms with van der Waals surface area (Å²) in [5.41, 5.74) is 10.2. The summed E-state index contributed by atoms with van der Waals surface area (Å²) < 4.78 is 16.8. The van der Waals surface area contributed by atoms with Gasteiger partial charge in [0.25, 0.3) is 0 Å². The van der Waals surface area contributed by atoms with E-state index in [-0.39, 0.29) is 37.8 Å². The maximum absolute atomic E-state index is 12.5. The van der Waals surface area contributed by atoms with Crippen molar-refractivity contribution >= 4 is 30.8 Å². The lowest BCUT2D eigenvalue weighted by Crippen LogP contribution is -2.36. The summed E-state index contributed by atoms with van der Waals surface area (Å²) in [4.78, 5) is 10.6. The maximum Gasteiger partial charge on any atom is 0.322 e. The molecule has 0 aromatic rings. The number of hydrogen-bond acceptors (Lipinski definition) is 4. The van der Waals surface area contributed by atoms with Gasteiger partial charge in [-0.3, -0.25) is 4.79 Å². The van der Waals surface area contributed by atoms with Crippen molar-refractivity contribution in [3.05, 3.63) is 0 Å². The van der Waals surface area contributed by atoms with Crippen LogP contribution in [0.1, 0.15) is 6.42 Å². The first kappa shape index (κ1) is 18.6. The van der Waals surface area contributed by atoms with Crippen molar-refractivity contribution in [2.24, 2.45) is 11.5 Å². The van der Waals surface area contributed by atoms with Crippen LogP contribution in [-0.4, -0.2) is 31.8 Å². The molecule has 0 saturated heterocycles. The molecule has 13 heavy (non-hydrogen) atoms. The SMILES string of the molecule is COC(=O)[C@@H](N)C[C@@H](F)CN.Cl.Cl. The molecule has 4 nitrogen and oxygen atoms in total.